The van der Waals surface area contributed by atoms with Crippen LogP contribution in [-0.2, 0) is 17.8 Å². The van der Waals surface area contributed by atoms with Crippen LogP contribution >= 0.6 is 0 Å². The Kier molecular flexibility index (Phi) is 3.10. The molecule has 0 aromatic carbocycles. The number of carbonyl (C=O) groups is 1. The Morgan fingerprint density at radius 1 is 1.69 bits per heavy atom. The molecule has 1 aromatic rings. The van der Waals surface area contributed by atoms with E-state index in [9.17, 15) is 4.79 Å². The summed E-state index contributed by atoms with van der Waals surface area (Å²) in [6, 6.07) is 0. The van der Waals surface area contributed by atoms with Crippen molar-refractivity contribution in [2.45, 2.75) is 33.2 Å². The first-order valence-corrected chi connectivity index (χ1v) is 5.89. The van der Waals surface area contributed by atoms with Crippen molar-refractivity contribution in [3.63, 3.8) is 0 Å². The average molecular weight is 221 g/mol. The molecule has 0 amide bonds. The lowest BCUT2D eigenvalue weighted by Gasteiger charge is -2.20. The minimum atomic E-state index is -0.172. The van der Waals surface area contributed by atoms with Gasteiger partial charge in [0.25, 0.3) is 0 Å². The van der Waals surface area contributed by atoms with E-state index < -0.39 is 0 Å². The number of aromatic nitrogens is 2. The topological polar surface area (TPSA) is 46.9 Å². The second-order valence-corrected chi connectivity index (χ2v) is 4.79. The third-order valence-corrected chi connectivity index (χ3v) is 3.42. The smallest absolute Gasteiger partial charge is 0.144 e. The summed E-state index contributed by atoms with van der Waals surface area (Å²) in [5.41, 5.74) is 0.855. The van der Waals surface area contributed by atoms with E-state index in [0.29, 0.717) is 12.2 Å². The van der Waals surface area contributed by atoms with E-state index in [1.807, 2.05) is 17.8 Å². The molecule has 4 heteroatoms. The molecular formula is C12H19N3O. The van der Waals surface area contributed by atoms with Gasteiger partial charge in [0, 0.05) is 31.1 Å². The second kappa shape index (κ2) is 4.37. The number of rotatable bonds is 4. The van der Waals surface area contributed by atoms with Crippen molar-refractivity contribution in [2.24, 2.45) is 5.41 Å². The number of ketones is 1. The zero-order chi connectivity index (χ0) is 11.6. The predicted molar refractivity (Wildman–Crippen MR) is 62.2 cm³/mol. The molecule has 1 N–H and O–H groups in total. The lowest BCUT2D eigenvalue weighted by Crippen LogP contribution is -2.31. The Morgan fingerprint density at radius 2 is 2.50 bits per heavy atom. The zero-order valence-corrected chi connectivity index (χ0v) is 9.99. The molecule has 0 saturated carbocycles. The molecule has 2 heterocycles. The quantitative estimate of drug-likeness (QED) is 0.825. The third-order valence-electron chi connectivity index (χ3n) is 3.42. The van der Waals surface area contributed by atoms with Crippen molar-refractivity contribution in [3.05, 3.63) is 18.0 Å². The Hall–Kier alpha value is -1.16. The van der Waals surface area contributed by atoms with Crippen molar-refractivity contribution < 1.29 is 4.79 Å². The summed E-state index contributed by atoms with van der Waals surface area (Å²) in [5.74, 6) is 0.327. The van der Waals surface area contributed by atoms with Crippen LogP contribution in [0.15, 0.2) is 12.4 Å². The van der Waals surface area contributed by atoms with E-state index in [4.69, 9.17) is 0 Å². The summed E-state index contributed by atoms with van der Waals surface area (Å²) >= 11 is 0. The molecule has 16 heavy (non-hydrogen) atoms. The highest BCUT2D eigenvalue weighted by Crippen LogP contribution is 2.27. The highest BCUT2D eigenvalue weighted by Gasteiger charge is 2.35. The van der Waals surface area contributed by atoms with Gasteiger partial charge in [-0.25, -0.2) is 0 Å². The van der Waals surface area contributed by atoms with Gasteiger partial charge in [0.2, 0.25) is 0 Å². The van der Waals surface area contributed by atoms with Crippen LogP contribution in [0.25, 0.3) is 0 Å². The van der Waals surface area contributed by atoms with Crippen molar-refractivity contribution in [3.8, 4) is 0 Å². The van der Waals surface area contributed by atoms with Crippen LogP contribution in [0.2, 0.25) is 0 Å². The fraction of sp³-hybridized carbons (Fsp3) is 0.667. The van der Waals surface area contributed by atoms with E-state index in [1.54, 1.807) is 6.20 Å². The molecule has 0 aliphatic carbocycles. The molecule has 0 spiro atoms. The Balaban J connectivity index is 2.01. The highest BCUT2D eigenvalue weighted by molar-refractivity contribution is 5.86. The van der Waals surface area contributed by atoms with Crippen molar-refractivity contribution >= 4 is 5.78 Å². The molecular weight excluding hydrogens is 202 g/mol. The van der Waals surface area contributed by atoms with Crippen LogP contribution in [0.1, 0.15) is 25.8 Å². The van der Waals surface area contributed by atoms with Crippen molar-refractivity contribution in [1.29, 1.82) is 0 Å². The number of hydrogen-bond donors (Lipinski definition) is 1. The SMILES string of the molecule is CCn1cc(CC(=O)C2(C)CCNC2)cn1. The fourth-order valence-corrected chi connectivity index (χ4v) is 2.12. The third kappa shape index (κ3) is 2.16. The maximum Gasteiger partial charge on any atom is 0.144 e. The number of nitrogens with one attached hydrogen (secondary N) is 1. The molecule has 1 aliphatic heterocycles. The van der Waals surface area contributed by atoms with Gasteiger partial charge in [0.1, 0.15) is 5.78 Å². The molecule has 88 valence electrons. The fourth-order valence-electron chi connectivity index (χ4n) is 2.12. The largest absolute Gasteiger partial charge is 0.316 e. The maximum absolute atomic E-state index is 12.2. The molecule has 1 aliphatic rings. The van der Waals surface area contributed by atoms with Crippen molar-refractivity contribution in [1.82, 2.24) is 15.1 Å². The van der Waals surface area contributed by atoms with E-state index in [1.165, 1.54) is 0 Å². The average Bonchev–Trinajstić information content (AvgIpc) is 2.88. The van der Waals surface area contributed by atoms with E-state index in [0.717, 1.165) is 31.6 Å². The molecule has 1 atom stereocenters. The molecule has 4 nitrogen and oxygen atoms in total. The number of Topliss-reactive ketones (excluding diaryl/α,β-unsaturated/α-hetero) is 1. The minimum absolute atomic E-state index is 0.172. The first-order valence-electron chi connectivity index (χ1n) is 5.89. The van der Waals surface area contributed by atoms with Gasteiger partial charge in [-0.1, -0.05) is 6.92 Å². The van der Waals surface area contributed by atoms with Gasteiger partial charge in [-0.2, -0.15) is 5.10 Å². The first-order chi connectivity index (χ1) is 7.64. The number of nitrogens with zero attached hydrogens (tertiary/aromatic N) is 2. The van der Waals surface area contributed by atoms with Gasteiger partial charge in [0.05, 0.1) is 6.20 Å². The Labute approximate surface area is 96.0 Å². The van der Waals surface area contributed by atoms with Gasteiger partial charge < -0.3 is 5.32 Å². The number of aryl methyl sites for hydroxylation is 1. The summed E-state index contributed by atoms with van der Waals surface area (Å²) in [5, 5.41) is 7.44. The van der Waals surface area contributed by atoms with Crippen LogP contribution in [0.4, 0.5) is 0 Å². The highest BCUT2D eigenvalue weighted by atomic mass is 16.1. The summed E-state index contributed by atoms with van der Waals surface area (Å²) in [6.07, 6.45) is 5.22. The molecule has 2 rings (SSSR count). The van der Waals surface area contributed by atoms with Gasteiger partial charge >= 0.3 is 0 Å². The second-order valence-electron chi connectivity index (χ2n) is 4.79. The Morgan fingerprint density at radius 3 is 3.06 bits per heavy atom. The maximum atomic E-state index is 12.2. The van der Waals surface area contributed by atoms with E-state index in [2.05, 4.69) is 17.3 Å². The molecule has 1 unspecified atom stereocenters. The summed E-state index contributed by atoms with van der Waals surface area (Å²) in [4.78, 5) is 12.2. The van der Waals surface area contributed by atoms with Crippen LogP contribution in [0.3, 0.4) is 0 Å². The minimum Gasteiger partial charge on any atom is -0.316 e. The van der Waals surface area contributed by atoms with Crippen LogP contribution < -0.4 is 5.32 Å². The number of carbonyl (C=O) groups excluding carboxylic acids is 1. The first kappa shape index (κ1) is 11.3. The summed E-state index contributed by atoms with van der Waals surface area (Å²) < 4.78 is 1.86. The van der Waals surface area contributed by atoms with Crippen molar-refractivity contribution in [2.75, 3.05) is 13.1 Å². The van der Waals surface area contributed by atoms with Gasteiger partial charge in [-0.15, -0.1) is 0 Å². The normalized spacial score (nSPS) is 24.9. The summed E-state index contributed by atoms with van der Waals surface area (Å²) in [7, 11) is 0. The van der Waals surface area contributed by atoms with Crippen LogP contribution in [0, 0.1) is 5.41 Å². The Bertz CT molecular complexity index is 377. The lowest BCUT2D eigenvalue weighted by molar-refractivity contribution is -0.126. The van der Waals surface area contributed by atoms with Gasteiger partial charge in [-0.05, 0) is 25.5 Å². The molecule has 1 aromatic heterocycles. The van der Waals surface area contributed by atoms with Gasteiger partial charge in [-0.3, -0.25) is 9.48 Å². The zero-order valence-electron chi connectivity index (χ0n) is 9.99. The number of hydrogen-bond acceptors (Lipinski definition) is 3. The molecule has 0 radical (unpaired) electrons. The van der Waals surface area contributed by atoms with Crippen LogP contribution in [0.5, 0.6) is 0 Å². The molecule has 1 fully saturated rings. The lowest BCUT2D eigenvalue weighted by atomic mass is 9.82. The van der Waals surface area contributed by atoms with Crippen LogP contribution in [-0.4, -0.2) is 28.7 Å². The molecule has 1 saturated heterocycles. The monoisotopic (exact) mass is 221 g/mol. The van der Waals surface area contributed by atoms with E-state index >= 15 is 0 Å². The summed E-state index contributed by atoms with van der Waals surface area (Å²) in [6.45, 7) is 6.72. The van der Waals surface area contributed by atoms with Gasteiger partial charge in [0.15, 0.2) is 0 Å². The standard InChI is InChI=1S/C12H19N3O/c1-3-15-8-10(7-14-15)6-11(16)12(2)4-5-13-9-12/h7-8,13H,3-6,9H2,1-2H3. The molecule has 0 bridgehead atoms. The predicted octanol–water partition coefficient (Wildman–Crippen LogP) is 1.01. The van der Waals surface area contributed by atoms with E-state index in [-0.39, 0.29) is 5.41 Å².